The zero-order valence-corrected chi connectivity index (χ0v) is 35.8. The first kappa shape index (κ1) is 51.0. The molecule has 3 atom stereocenters. The van der Waals surface area contributed by atoms with Crippen LogP contribution >= 0.6 is 7.82 Å². The molecule has 2 unspecified atom stereocenters. The molecule has 52 heavy (non-hydrogen) atoms. The number of rotatable bonds is 39. The number of phosphoric acid groups is 1. The van der Waals surface area contributed by atoms with E-state index in [1.807, 2.05) is 28.1 Å². The van der Waals surface area contributed by atoms with Crippen molar-refractivity contribution in [2.45, 2.75) is 219 Å². The molecule has 0 aliphatic carbocycles. The number of carbonyl (C=O) groups is 2. The molecule has 0 bridgehead atoms. The molecule has 0 heterocycles. The van der Waals surface area contributed by atoms with E-state index in [0.29, 0.717) is 23.9 Å². The van der Waals surface area contributed by atoms with Crippen molar-refractivity contribution in [1.82, 2.24) is 0 Å². The van der Waals surface area contributed by atoms with Crippen molar-refractivity contribution in [3.63, 3.8) is 0 Å². The topological polar surface area (TPSA) is 111 Å². The van der Waals surface area contributed by atoms with Gasteiger partial charge in [-0.1, -0.05) is 175 Å². The lowest BCUT2D eigenvalue weighted by atomic mass is 10.0. The second-order valence-corrected chi connectivity index (χ2v) is 17.5. The minimum absolute atomic E-state index is 0.230. The van der Waals surface area contributed by atoms with Crippen LogP contribution in [0.3, 0.4) is 0 Å². The Morgan fingerprint density at radius 3 is 1.27 bits per heavy atom. The van der Waals surface area contributed by atoms with Crippen LogP contribution in [0.2, 0.25) is 0 Å². The Labute approximate surface area is 321 Å². The average molecular weight is 762 g/mol. The Morgan fingerprint density at radius 2 is 0.904 bits per heavy atom. The molecule has 0 amide bonds. The zero-order chi connectivity index (χ0) is 38.8. The van der Waals surface area contributed by atoms with E-state index in [2.05, 4.69) is 13.8 Å². The molecule has 0 aliphatic heterocycles. The quantitative estimate of drug-likeness (QED) is 0.0263. The number of quaternary nitrogens is 1. The molecule has 0 aromatic heterocycles. The predicted octanol–water partition coefficient (Wildman–Crippen LogP) is 11.4. The number of esters is 2. The highest BCUT2D eigenvalue weighted by molar-refractivity contribution is 7.45. The molecule has 9 nitrogen and oxygen atoms in total. The third-order valence-corrected chi connectivity index (χ3v) is 10.6. The Kier molecular flexibility index (Phi) is 33.8. The van der Waals surface area contributed by atoms with E-state index >= 15 is 0 Å². The number of hydrogen-bond acceptors (Lipinski definition) is 8. The number of likely N-dealkylation sites (N-methyl/N-ethyl adjacent to an activating group) is 1. The van der Waals surface area contributed by atoms with Crippen molar-refractivity contribution in [2.24, 2.45) is 0 Å². The van der Waals surface area contributed by atoms with Gasteiger partial charge in [0.15, 0.2) is 6.10 Å². The molecule has 0 saturated heterocycles. The number of hydrogen-bond donors (Lipinski definition) is 0. The first-order valence-electron chi connectivity index (χ1n) is 21.7. The van der Waals surface area contributed by atoms with Crippen LogP contribution in [0.4, 0.5) is 0 Å². The van der Waals surface area contributed by atoms with Crippen LogP contribution in [0.25, 0.3) is 0 Å². The largest absolute Gasteiger partial charge is 0.756 e. The summed E-state index contributed by atoms with van der Waals surface area (Å²) in [6.07, 6.45) is 31.1. The Balaban J connectivity index is 4.54. The Hall–Kier alpha value is -0.990. The summed E-state index contributed by atoms with van der Waals surface area (Å²) in [7, 11) is 1.20. The predicted molar refractivity (Wildman–Crippen MR) is 213 cm³/mol. The van der Waals surface area contributed by atoms with E-state index in [1.165, 1.54) is 128 Å². The third-order valence-electron chi connectivity index (χ3n) is 9.60. The highest BCUT2D eigenvalue weighted by Gasteiger charge is 2.25. The second kappa shape index (κ2) is 34.5. The minimum atomic E-state index is -4.68. The normalized spacial score (nSPS) is 14.2. The summed E-state index contributed by atoms with van der Waals surface area (Å²) in [6, 6.07) is 0. The van der Waals surface area contributed by atoms with Gasteiger partial charge in [0.1, 0.15) is 19.3 Å². The number of phosphoric ester groups is 1. The number of unbranched alkanes of at least 4 members (excludes halogenated alkanes) is 24. The standard InChI is InChI=1S/C42H84NO8P/c1-7-10-12-14-16-18-20-22-24-26-28-30-32-34-41(44)48-37-40(38-49-52(46,47)51-39(9-3)36-43(4,5)6)50-42(45)35-33-31-29-27-25-23-21-19-17-15-13-11-8-2/h39-40H,7-38H2,1-6H3/t39?,40-/m1/s1. The first-order chi connectivity index (χ1) is 24.9. The zero-order valence-electron chi connectivity index (χ0n) is 34.9. The highest BCUT2D eigenvalue weighted by atomic mass is 31.2. The van der Waals surface area contributed by atoms with Crippen LogP contribution in [0.5, 0.6) is 0 Å². The van der Waals surface area contributed by atoms with E-state index in [1.54, 1.807) is 0 Å². The van der Waals surface area contributed by atoms with Gasteiger partial charge in [-0.25, -0.2) is 0 Å². The lowest BCUT2D eigenvalue weighted by Crippen LogP contribution is -2.42. The van der Waals surface area contributed by atoms with Gasteiger partial charge < -0.3 is 27.9 Å². The second-order valence-electron chi connectivity index (χ2n) is 16.1. The van der Waals surface area contributed by atoms with Crippen molar-refractivity contribution in [2.75, 3.05) is 40.9 Å². The van der Waals surface area contributed by atoms with Crippen molar-refractivity contribution < 1.29 is 42.1 Å². The number of carbonyl (C=O) groups excluding carboxylic acids is 2. The van der Waals surface area contributed by atoms with Crippen molar-refractivity contribution >= 4 is 19.8 Å². The molecule has 0 N–H and O–H groups in total. The van der Waals surface area contributed by atoms with Gasteiger partial charge in [0, 0.05) is 12.8 Å². The van der Waals surface area contributed by atoms with Crippen LogP contribution in [-0.2, 0) is 32.7 Å². The Morgan fingerprint density at radius 1 is 0.538 bits per heavy atom. The lowest BCUT2D eigenvalue weighted by Gasteiger charge is -2.33. The molecule has 0 saturated carbocycles. The van der Waals surface area contributed by atoms with Crippen LogP contribution in [0.1, 0.15) is 207 Å². The van der Waals surface area contributed by atoms with E-state index in [9.17, 15) is 19.0 Å². The summed E-state index contributed by atoms with van der Waals surface area (Å²) in [5.41, 5.74) is 0. The van der Waals surface area contributed by atoms with Gasteiger partial charge in [0.05, 0.1) is 27.7 Å². The monoisotopic (exact) mass is 762 g/mol. The highest BCUT2D eigenvalue weighted by Crippen LogP contribution is 2.41. The van der Waals surface area contributed by atoms with E-state index in [0.717, 1.165) is 32.1 Å². The molecular weight excluding hydrogens is 677 g/mol. The summed E-state index contributed by atoms with van der Waals surface area (Å²) >= 11 is 0. The van der Waals surface area contributed by atoms with Crippen molar-refractivity contribution in [3.8, 4) is 0 Å². The fraction of sp³-hybridized carbons (Fsp3) is 0.952. The van der Waals surface area contributed by atoms with Gasteiger partial charge in [-0.15, -0.1) is 0 Å². The fourth-order valence-corrected chi connectivity index (χ4v) is 7.42. The molecule has 0 aromatic carbocycles. The lowest BCUT2D eigenvalue weighted by molar-refractivity contribution is -0.873. The number of nitrogens with zero attached hydrogens (tertiary/aromatic N) is 1. The van der Waals surface area contributed by atoms with Gasteiger partial charge >= 0.3 is 11.9 Å². The van der Waals surface area contributed by atoms with E-state index in [4.69, 9.17) is 18.5 Å². The molecule has 0 aromatic rings. The molecule has 0 spiro atoms. The van der Waals surface area contributed by atoms with Gasteiger partial charge in [-0.05, 0) is 19.3 Å². The summed E-state index contributed by atoms with van der Waals surface area (Å²) in [4.78, 5) is 37.9. The van der Waals surface area contributed by atoms with E-state index < -0.39 is 32.6 Å². The van der Waals surface area contributed by atoms with Gasteiger partial charge in [0.2, 0.25) is 0 Å². The maximum absolute atomic E-state index is 12.7. The SMILES string of the molecule is CCCCCCCCCCCCCCCC(=O)OC[C@H](COP(=O)([O-])OC(CC)C[N+](C)(C)C)OC(=O)CCCCCCCCCCCCCCC. The van der Waals surface area contributed by atoms with Gasteiger partial charge in [-0.3, -0.25) is 14.2 Å². The third kappa shape index (κ3) is 36.0. The van der Waals surface area contributed by atoms with Crippen LogP contribution in [0, 0.1) is 0 Å². The average Bonchev–Trinajstić information content (AvgIpc) is 3.09. The van der Waals surface area contributed by atoms with Crippen LogP contribution < -0.4 is 4.89 Å². The summed E-state index contributed by atoms with van der Waals surface area (Å²) in [5.74, 6) is -0.821. The van der Waals surface area contributed by atoms with Crippen LogP contribution in [0.15, 0.2) is 0 Å². The van der Waals surface area contributed by atoms with Crippen molar-refractivity contribution in [1.29, 1.82) is 0 Å². The molecule has 0 rings (SSSR count). The molecule has 0 aliphatic rings. The van der Waals surface area contributed by atoms with Gasteiger partial charge in [0.25, 0.3) is 7.82 Å². The molecule has 10 heteroatoms. The fourth-order valence-electron chi connectivity index (χ4n) is 6.43. The van der Waals surface area contributed by atoms with Crippen molar-refractivity contribution in [3.05, 3.63) is 0 Å². The number of ether oxygens (including phenoxy) is 2. The summed E-state index contributed by atoms with van der Waals surface area (Å²) in [6.45, 7) is 6.13. The smallest absolute Gasteiger partial charge is 0.306 e. The summed E-state index contributed by atoms with van der Waals surface area (Å²) in [5, 5.41) is 0. The summed E-state index contributed by atoms with van der Waals surface area (Å²) < 4.78 is 34.8. The molecule has 0 fully saturated rings. The first-order valence-corrected chi connectivity index (χ1v) is 23.2. The van der Waals surface area contributed by atoms with Crippen LogP contribution in [-0.4, -0.2) is 69.5 Å². The maximum Gasteiger partial charge on any atom is 0.306 e. The minimum Gasteiger partial charge on any atom is -0.756 e. The molecule has 310 valence electrons. The van der Waals surface area contributed by atoms with E-state index in [-0.39, 0.29) is 25.4 Å². The maximum atomic E-state index is 12.7. The van der Waals surface area contributed by atoms with Gasteiger partial charge in [-0.2, -0.15) is 0 Å². The molecular formula is C42H84NO8P. The Bertz CT molecular complexity index is 881. The molecule has 0 radical (unpaired) electrons.